The van der Waals surface area contributed by atoms with Crippen LogP contribution in [-0.4, -0.2) is 36.2 Å². The predicted octanol–water partition coefficient (Wildman–Crippen LogP) is -0.651. The summed E-state index contributed by atoms with van der Waals surface area (Å²) in [7, 11) is 0. The van der Waals surface area contributed by atoms with E-state index in [1.807, 2.05) is 13.8 Å². The summed E-state index contributed by atoms with van der Waals surface area (Å²) in [5.74, 6) is -0.669. The van der Waals surface area contributed by atoms with Crippen molar-refractivity contribution < 1.29 is 9.90 Å². The Morgan fingerprint density at radius 3 is 2.53 bits per heavy atom. The molecular formula is C9H20N4O2. The van der Waals surface area contributed by atoms with Crippen molar-refractivity contribution in [3.63, 3.8) is 0 Å². The third kappa shape index (κ3) is 6.73. The molecule has 0 saturated carbocycles. The number of nitrogens with two attached hydrogens (primary N) is 2. The van der Waals surface area contributed by atoms with Crippen molar-refractivity contribution in [3.05, 3.63) is 0 Å². The molecule has 0 aromatic rings. The van der Waals surface area contributed by atoms with Crippen LogP contribution in [-0.2, 0) is 4.79 Å². The van der Waals surface area contributed by atoms with Crippen LogP contribution in [0.5, 0.6) is 0 Å². The number of rotatable bonds is 7. The van der Waals surface area contributed by atoms with Crippen LogP contribution in [0.25, 0.3) is 0 Å². The number of hydrogen-bond acceptors (Lipinski definition) is 3. The molecule has 0 aliphatic rings. The van der Waals surface area contributed by atoms with E-state index in [1.165, 1.54) is 0 Å². The van der Waals surface area contributed by atoms with Crippen molar-refractivity contribution in [1.29, 1.82) is 0 Å². The number of nitrogens with one attached hydrogen (secondary N) is 1. The van der Waals surface area contributed by atoms with Crippen LogP contribution in [0.4, 0.5) is 0 Å². The lowest BCUT2D eigenvalue weighted by Crippen LogP contribution is -2.38. The zero-order chi connectivity index (χ0) is 11.8. The number of nitrogens with zero attached hydrogens (tertiary/aromatic N) is 1. The van der Waals surface area contributed by atoms with Gasteiger partial charge in [0, 0.05) is 6.54 Å². The monoisotopic (exact) mass is 216 g/mol. The molecule has 0 aromatic heterocycles. The van der Waals surface area contributed by atoms with E-state index in [4.69, 9.17) is 16.6 Å². The number of carboxylic acids is 1. The fourth-order valence-corrected chi connectivity index (χ4v) is 1.26. The molecule has 0 fully saturated rings. The van der Waals surface area contributed by atoms with Crippen molar-refractivity contribution in [2.45, 2.75) is 26.3 Å². The number of likely N-dealkylation sites (N-methyl/N-ethyl adjacent to an activating group) is 1. The second-order valence-electron chi connectivity index (χ2n) is 3.55. The first-order valence-electron chi connectivity index (χ1n) is 4.99. The summed E-state index contributed by atoms with van der Waals surface area (Å²) in [6.45, 7) is 4.87. The van der Waals surface area contributed by atoms with Crippen molar-refractivity contribution in [1.82, 2.24) is 5.32 Å². The minimum absolute atomic E-state index is 0.0391. The van der Waals surface area contributed by atoms with E-state index in [1.54, 1.807) is 0 Å². The molecule has 2 unspecified atom stereocenters. The molecular weight excluding hydrogens is 196 g/mol. The Morgan fingerprint density at radius 2 is 2.13 bits per heavy atom. The molecule has 88 valence electrons. The van der Waals surface area contributed by atoms with E-state index >= 15 is 0 Å². The fourth-order valence-electron chi connectivity index (χ4n) is 1.26. The van der Waals surface area contributed by atoms with E-state index in [0.717, 1.165) is 0 Å². The molecule has 0 heterocycles. The van der Waals surface area contributed by atoms with Gasteiger partial charge in [0.2, 0.25) is 0 Å². The number of hydrogen-bond donors (Lipinski definition) is 4. The smallest absolute Gasteiger partial charge is 0.320 e. The van der Waals surface area contributed by atoms with Gasteiger partial charge in [-0.2, -0.15) is 0 Å². The number of carboxylic acid groups (broad SMARTS) is 1. The predicted molar refractivity (Wildman–Crippen MR) is 59.6 cm³/mol. The molecule has 0 aliphatic heterocycles. The summed E-state index contributed by atoms with van der Waals surface area (Å²) in [6.07, 6.45) is 0.514. The molecule has 0 rings (SSSR count). The second-order valence-corrected chi connectivity index (χ2v) is 3.55. The highest BCUT2D eigenvalue weighted by molar-refractivity contribution is 5.75. The van der Waals surface area contributed by atoms with Crippen LogP contribution >= 0.6 is 0 Å². The molecule has 0 bridgehead atoms. The number of carbonyl (C=O) groups is 1. The van der Waals surface area contributed by atoms with Gasteiger partial charge in [-0.3, -0.25) is 9.79 Å². The lowest BCUT2D eigenvalue weighted by atomic mass is 10.0. The second kappa shape index (κ2) is 7.05. The van der Waals surface area contributed by atoms with Crippen molar-refractivity contribution in [2.24, 2.45) is 22.4 Å². The zero-order valence-electron chi connectivity index (χ0n) is 9.23. The molecule has 0 saturated heterocycles. The van der Waals surface area contributed by atoms with Gasteiger partial charge in [0.15, 0.2) is 5.96 Å². The summed E-state index contributed by atoms with van der Waals surface area (Å²) in [5.41, 5.74) is 10.4. The highest BCUT2D eigenvalue weighted by atomic mass is 16.4. The average Bonchev–Trinajstić information content (AvgIpc) is 2.14. The minimum atomic E-state index is -0.839. The Bertz CT molecular complexity index is 226. The topological polar surface area (TPSA) is 114 Å². The van der Waals surface area contributed by atoms with Gasteiger partial charge in [0.25, 0.3) is 0 Å². The first kappa shape index (κ1) is 13.7. The van der Waals surface area contributed by atoms with Crippen LogP contribution in [0.15, 0.2) is 4.99 Å². The molecule has 0 radical (unpaired) electrons. The summed E-state index contributed by atoms with van der Waals surface area (Å²) in [6, 6.07) is -0.529. The highest BCUT2D eigenvalue weighted by Crippen LogP contribution is 2.06. The molecule has 6 nitrogen and oxygen atoms in total. The molecule has 0 aliphatic carbocycles. The van der Waals surface area contributed by atoms with E-state index in [2.05, 4.69) is 10.3 Å². The van der Waals surface area contributed by atoms with Crippen LogP contribution in [0.3, 0.4) is 0 Å². The standard InChI is InChI=1S/C9H20N4O2/c1-3-12-7(8(14)15)4-6(2)5-13-9(10)11/h6-7,12H,3-5H2,1-2H3,(H,14,15)(H4,10,11,13). The SMILES string of the molecule is CCNC(CC(C)CN=C(N)N)C(=O)O. The van der Waals surface area contributed by atoms with Crippen molar-refractivity contribution >= 4 is 11.9 Å². The van der Waals surface area contributed by atoms with Gasteiger partial charge >= 0.3 is 5.97 Å². The maximum Gasteiger partial charge on any atom is 0.320 e. The van der Waals surface area contributed by atoms with Crippen LogP contribution in [0, 0.1) is 5.92 Å². The van der Waals surface area contributed by atoms with Crippen molar-refractivity contribution in [2.75, 3.05) is 13.1 Å². The molecule has 0 aromatic carbocycles. The number of aliphatic carboxylic acids is 1. The maximum atomic E-state index is 10.8. The van der Waals surface area contributed by atoms with Crippen molar-refractivity contribution in [3.8, 4) is 0 Å². The quantitative estimate of drug-likeness (QED) is 0.333. The Morgan fingerprint density at radius 1 is 1.53 bits per heavy atom. The molecule has 0 spiro atoms. The fraction of sp³-hybridized carbons (Fsp3) is 0.778. The lowest BCUT2D eigenvalue weighted by Gasteiger charge is -2.16. The third-order valence-corrected chi connectivity index (χ3v) is 1.97. The molecule has 2 atom stereocenters. The largest absolute Gasteiger partial charge is 0.480 e. The Balaban J connectivity index is 4.05. The van der Waals surface area contributed by atoms with Gasteiger partial charge in [-0.1, -0.05) is 13.8 Å². The minimum Gasteiger partial charge on any atom is -0.480 e. The molecule has 6 N–H and O–H groups in total. The highest BCUT2D eigenvalue weighted by Gasteiger charge is 2.18. The summed E-state index contributed by atoms with van der Waals surface area (Å²) in [4.78, 5) is 14.7. The zero-order valence-corrected chi connectivity index (χ0v) is 9.23. The molecule has 15 heavy (non-hydrogen) atoms. The van der Waals surface area contributed by atoms with E-state index < -0.39 is 12.0 Å². The van der Waals surface area contributed by atoms with Crippen LogP contribution in [0.1, 0.15) is 20.3 Å². The van der Waals surface area contributed by atoms with Crippen LogP contribution < -0.4 is 16.8 Å². The third-order valence-electron chi connectivity index (χ3n) is 1.97. The maximum absolute atomic E-state index is 10.8. The van der Waals surface area contributed by atoms with E-state index in [9.17, 15) is 4.79 Å². The average molecular weight is 216 g/mol. The van der Waals surface area contributed by atoms with Gasteiger partial charge < -0.3 is 21.9 Å². The molecule has 0 amide bonds. The van der Waals surface area contributed by atoms with E-state index in [0.29, 0.717) is 19.5 Å². The number of aliphatic imine (C=N–C) groups is 1. The molecule has 6 heteroatoms. The van der Waals surface area contributed by atoms with Gasteiger partial charge in [0.1, 0.15) is 6.04 Å². The van der Waals surface area contributed by atoms with Gasteiger partial charge in [0.05, 0.1) is 0 Å². The first-order valence-corrected chi connectivity index (χ1v) is 4.99. The number of guanidine groups is 1. The Hall–Kier alpha value is -1.30. The van der Waals surface area contributed by atoms with Gasteiger partial charge in [-0.05, 0) is 18.9 Å². The summed E-state index contributed by atoms with van der Waals surface area (Å²) in [5, 5.41) is 11.8. The lowest BCUT2D eigenvalue weighted by molar-refractivity contribution is -0.139. The van der Waals surface area contributed by atoms with Crippen LogP contribution in [0.2, 0.25) is 0 Å². The Kier molecular flexibility index (Phi) is 6.44. The summed E-state index contributed by atoms with van der Waals surface area (Å²) < 4.78 is 0. The van der Waals surface area contributed by atoms with E-state index in [-0.39, 0.29) is 11.9 Å². The first-order chi connectivity index (χ1) is 6.97. The normalized spacial score (nSPS) is 14.3. The van der Waals surface area contributed by atoms with Gasteiger partial charge in [-0.25, -0.2) is 0 Å². The van der Waals surface area contributed by atoms with Gasteiger partial charge in [-0.15, -0.1) is 0 Å². The Labute approximate surface area is 89.7 Å². The summed E-state index contributed by atoms with van der Waals surface area (Å²) >= 11 is 0.